The van der Waals surface area contributed by atoms with Gasteiger partial charge in [0.05, 0.1) is 23.9 Å². The summed E-state index contributed by atoms with van der Waals surface area (Å²) in [4.78, 5) is 27.3. The van der Waals surface area contributed by atoms with Gasteiger partial charge in [0.2, 0.25) is 5.95 Å². The third-order valence-corrected chi connectivity index (χ3v) is 5.20. The van der Waals surface area contributed by atoms with Crippen molar-refractivity contribution in [3.63, 3.8) is 0 Å². The Kier molecular flexibility index (Phi) is 4.90. The molecule has 2 amide bonds. The lowest BCUT2D eigenvalue weighted by Crippen LogP contribution is -2.36. The highest BCUT2D eigenvalue weighted by atomic mass is 16.2. The van der Waals surface area contributed by atoms with Crippen molar-refractivity contribution < 1.29 is 4.79 Å². The van der Waals surface area contributed by atoms with E-state index >= 15 is 0 Å². The summed E-state index contributed by atoms with van der Waals surface area (Å²) in [5.41, 5.74) is 3.63. The lowest BCUT2D eigenvalue weighted by molar-refractivity contribution is 0.225. The van der Waals surface area contributed by atoms with Gasteiger partial charge in [0.15, 0.2) is 5.65 Å². The van der Waals surface area contributed by atoms with Crippen LogP contribution in [0.4, 0.5) is 16.4 Å². The predicted octanol–water partition coefficient (Wildman–Crippen LogP) is 3.20. The fourth-order valence-electron chi connectivity index (χ4n) is 3.66. The van der Waals surface area contributed by atoms with Crippen LogP contribution in [0.15, 0.2) is 42.6 Å². The van der Waals surface area contributed by atoms with Crippen molar-refractivity contribution in [1.29, 1.82) is 0 Å². The van der Waals surface area contributed by atoms with E-state index in [1.54, 1.807) is 37.1 Å². The molecule has 0 atom stereocenters. The first-order chi connectivity index (χ1) is 13.5. The summed E-state index contributed by atoms with van der Waals surface area (Å²) in [5.74, 6) is 0.961. The topological polar surface area (TPSA) is 57.5 Å². The Balaban J connectivity index is 1.80. The number of carbonyl (C=O) groups is 1. The summed E-state index contributed by atoms with van der Waals surface area (Å²) in [6, 6.07) is 12.3. The molecule has 1 aliphatic heterocycles. The monoisotopic (exact) mass is 378 g/mol. The molecule has 0 saturated carbocycles. The molecule has 0 aliphatic carbocycles. The van der Waals surface area contributed by atoms with Crippen LogP contribution in [0.1, 0.15) is 18.4 Å². The van der Waals surface area contributed by atoms with Gasteiger partial charge in [0.1, 0.15) is 0 Å². The summed E-state index contributed by atoms with van der Waals surface area (Å²) >= 11 is 0. The SMILES string of the molecule is CN(C)C(=O)N(C)c1cnc2nc(N3CCCC3)n(Cc3ccccc3)c2c1. The molecule has 0 spiro atoms. The zero-order valence-corrected chi connectivity index (χ0v) is 16.7. The number of hydrogen-bond acceptors (Lipinski definition) is 4. The standard InChI is InChI=1S/C21H26N6O/c1-24(2)21(28)25(3)17-13-18-19(22-14-17)23-20(26-11-7-8-12-26)27(18)15-16-9-5-4-6-10-16/h4-6,9-10,13-14H,7-8,11-12,15H2,1-3H3. The minimum Gasteiger partial charge on any atom is -0.342 e. The third-order valence-electron chi connectivity index (χ3n) is 5.20. The van der Waals surface area contributed by atoms with Crippen molar-refractivity contribution >= 4 is 28.8 Å². The Labute approximate surface area is 165 Å². The minimum absolute atomic E-state index is 0.0879. The maximum atomic E-state index is 12.4. The van der Waals surface area contributed by atoms with Gasteiger partial charge in [-0.2, -0.15) is 4.98 Å². The normalized spacial score (nSPS) is 13.9. The summed E-state index contributed by atoms with van der Waals surface area (Å²) < 4.78 is 2.22. The van der Waals surface area contributed by atoms with Crippen molar-refractivity contribution in [2.75, 3.05) is 44.0 Å². The van der Waals surface area contributed by atoms with E-state index in [1.807, 2.05) is 12.1 Å². The number of nitrogens with zero attached hydrogens (tertiary/aromatic N) is 6. The van der Waals surface area contributed by atoms with E-state index in [-0.39, 0.29) is 6.03 Å². The van der Waals surface area contributed by atoms with Crippen LogP contribution in [-0.2, 0) is 6.54 Å². The molecular weight excluding hydrogens is 352 g/mol. The number of carbonyl (C=O) groups excluding carboxylic acids is 1. The van der Waals surface area contributed by atoms with Crippen molar-refractivity contribution in [2.45, 2.75) is 19.4 Å². The highest BCUT2D eigenvalue weighted by molar-refractivity contribution is 5.93. The van der Waals surface area contributed by atoms with Gasteiger partial charge in [-0.1, -0.05) is 30.3 Å². The molecule has 0 unspecified atom stereocenters. The number of benzene rings is 1. The molecule has 0 radical (unpaired) electrons. The highest BCUT2D eigenvalue weighted by Gasteiger charge is 2.22. The second-order valence-electron chi connectivity index (χ2n) is 7.45. The number of fused-ring (bicyclic) bond motifs is 1. The third kappa shape index (κ3) is 3.40. The maximum absolute atomic E-state index is 12.4. The molecule has 28 heavy (non-hydrogen) atoms. The van der Waals surface area contributed by atoms with E-state index in [4.69, 9.17) is 4.98 Å². The number of pyridine rings is 1. The lowest BCUT2D eigenvalue weighted by atomic mass is 10.2. The molecular formula is C21H26N6O. The molecule has 7 nitrogen and oxygen atoms in total. The van der Waals surface area contributed by atoms with Crippen LogP contribution in [-0.4, -0.2) is 59.7 Å². The Morgan fingerprint density at radius 2 is 1.82 bits per heavy atom. The van der Waals surface area contributed by atoms with Crippen LogP contribution >= 0.6 is 0 Å². The average Bonchev–Trinajstić information content (AvgIpc) is 3.35. The highest BCUT2D eigenvalue weighted by Crippen LogP contribution is 2.28. The van der Waals surface area contributed by atoms with Crippen molar-refractivity contribution in [2.24, 2.45) is 0 Å². The number of imidazole rings is 1. The lowest BCUT2D eigenvalue weighted by Gasteiger charge is -2.22. The zero-order valence-electron chi connectivity index (χ0n) is 16.7. The predicted molar refractivity (Wildman–Crippen MR) is 112 cm³/mol. The molecule has 1 fully saturated rings. The van der Waals surface area contributed by atoms with Gasteiger partial charge in [0.25, 0.3) is 0 Å². The molecule has 3 heterocycles. The van der Waals surface area contributed by atoms with Crippen molar-refractivity contribution in [1.82, 2.24) is 19.4 Å². The van der Waals surface area contributed by atoms with Crippen LogP contribution in [0.2, 0.25) is 0 Å². The van der Waals surface area contributed by atoms with Gasteiger partial charge < -0.3 is 14.4 Å². The first kappa shape index (κ1) is 18.3. The van der Waals surface area contributed by atoms with Crippen LogP contribution in [0.25, 0.3) is 11.2 Å². The van der Waals surface area contributed by atoms with Gasteiger partial charge in [-0.3, -0.25) is 4.90 Å². The van der Waals surface area contributed by atoms with Crippen LogP contribution in [0.3, 0.4) is 0 Å². The number of hydrogen-bond donors (Lipinski definition) is 0. The largest absolute Gasteiger partial charge is 0.342 e. The first-order valence-corrected chi connectivity index (χ1v) is 9.65. The number of amides is 2. The quantitative estimate of drug-likeness (QED) is 0.700. The van der Waals surface area contributed by atoms with Crippen LogP contribution in [0.5, 0.6) is 0 Å². The number of urea groups is 1. The maximum Gasteiger partial charge on any atom is 0.323 e. The Morgan fingerprint density at radius 3 is 2.50 bits per heavy atom. The number of aromatic nitrogens is 3. The fourth-order valence-corrected chi connectivity index (χ4v) is 3.66. The van der Waals surface area contributed by atoms with E-state index in [9.17, 15) is 4.79 Å². The molecule has 4 rings (SSSR count). The van der Waals surface area contributed by atoms with Crippen LogP contribution < -0.4 is 9.80 Å². The number of rotatable bonds is 4. The fraction of sp³-hybridized carbons (Fsp3) is 0.381. The van der Waals surface area contributed by atoms with E-state index < -0.39 is 0 Å². The van der Waals surface area contributed by atoms with Crippen LogP contribution in [0, 0.1) is 0 Å². The van der Waals surface area contributed by atoms with E-state index in [1.165, 1.54) is 18.4 Å². The molecule has 146 valence electrons. The zero-order chi connectivity index (χ0) is 19.7. The summed E-state index contributed by atoms with van der Waals surface area (Å²) in [6.45, 7) is 2.76. The van der Waals surface area contributed by atoms with E-state index in [0.29, 0.717) is 5.65 Å². The molecule has 7 heteroatoms. The van der Waals surface area contributed by atoms with Gasteiger partial charge in [-0.25, -0.2) is 9.78 Å². The second-order valence-corrected chi connectivity index (χ2v) is 7.45. The summed E-state index contributed by atoms with van der Waals surface area (Å²) in [7, 11) is 5.26. The first-order valence-electron chi connectivity index (χ1n) is 9.65. The second kappa shape index (κ2) is 7.50. The Bertz CT molecular complexity index is 975. The number of anilines is 2. The van der Waals surface area contributed by atoms with E-state index in [0.717, 1.165) is 36.8 Å². The molecule has 1 aromatic carbocycles. The molecule has 1 saturated heterocycles. The van der Waals surface area contributed by atoms with Crippen molar-refractivity contribution in [3.8, 4) is 0 Å². The van der Waals surface area contributed by atoms with E-state index in [2.05, 4.69) is 38.7 Å². The van der Waals surface area contributed by atoms with Crippen molar-refractivity contribution in [3.05, 3.63) is 48.2 Å². The Hall–Kier alpha value is -3.09. The Morgan fingerprint density at radius 1 is 1.11 bits per heavy atom. The smallest absolute Gasteiger partial charge is 0.323 e. The molecule has 3 aromatic rings. The average molecular weight is 378 g/mol. The molecule has 1 aliphatic rings. The molecule has 0 N–H and O–H groups in total. The molecule has 2 aromatic heterocycles. The van der Waals surface area contributed by atoms with Gasteiger partial charge in [-0.15, -0.1) is 0 Å². The summed E-state index contributed by atoms with van der Waals surface area (Å²) in [5, 5.41) is 0. The molecule has 0 bridgehead atoms. The van der Waals surface area contributed by atoms with Gasteiger partial charge in [0, 0.05) is 34.2 Å². The van der Waals surface area contributed by atoms with Gasteiger partial charge >= 0.3 is 6.03 Å². The van der Waals surface area contributed by atoms with Gasteiger partial charge in [-0.05, 0) is 24.5 Å². The summed E-state index contributed by atoms with van der Waals surface area (Å²) in [6.07, 6.45) is 4.10. The minimum atomic E-state index is -0.0879.